The van der Waals surface area contributed by atoms with Crippen molar-refractivity contribution in [3.63, 3.8) is 0 Å². The van der Waals surface area contributed by atoms with Crippen molar-refractivity contribution >= 4 is 28.7 Å². The fraction of sp³-hybridized carbons (Fsp3) is 0.304. The average Bonchev–Trinajstić information content (AvgIpc) is 2.78. The summed E-state index contributed by atoms with van der Waals surface area (Å²) in [5.74, 6) is 2.30. The predicted octanol–water partition coefficient (Wildman–Crippen LogP) is 3.75. The number of nitrogen functional groups attached to an aromatic ring is 1. The summed E-state index contributed by atoms with van der Waals surface area (Å²) < 4.78 is 5.25. The van der Waals surface area contributed by atoms with E-state index in [2.05, 4.69) is 57.1 Å². The third-order valence-electron chi connectivity index (χ3n) is 5.74. The van der Waals surface area contributed by atoms with Gasteiger partial charge in [0.15, 0.2) is 11.6 Å². The molecule has 2 heterocycles. The maximum Gasteiger partial charge on any atom is 0.159 e. The average molecular weight is 405 g/mol. The molecule has 3 N–H and O–H groups in total. The summed E-state index contributed by atoms with van der Waals surface area (Å²) in [4.78, 5) is 13.5. The molecule has 0 aliphatic carbocycles. The lowest BCUT2D eigenvalue weighted by Gasteiger charge is -2.37. The highest BCUT2D eigenvalue weighted by atomic mass is 16.5. The van der Waals surface area contributed by atoms with Crippen molar-refractivity contribution in [3.05, 3.63) is 59.9 Å². The summed E-state index contributed by atoms with van der Waals surface area (Å²) in [5.41, 5.74) is 11.7. The Hall–Kier alpha value is -3.48. The molecule has 0 saturated carbocycles. The first-order valence-electron chi connectivity index (χ1n) is 10.1. The molecule has 4 rings (SSSR count). The van der Waals surface area contributed by atoms with Crippen LogP contribution in [0.25, 0.3) is 0 Å². The minimum Gasteiger partial charge on any atom is -0.497 e. The van der Waals surface area contributed by atoms with Crippen molar-refractivity contribution in [1.29, 1.82) is 0 Å². The quantitative estimate of drug-likeness (QED) is 0.670. The summed E-state index contributed by atoms with van der Waals surface area (Å²) in [5, 5.41) is 3.38. The van der Waals surface area contributed by atoms with E-state index in [1.54, 1.807) is 13.4 Å². The molecule has 0 spiro atoms. The minimum absolute atomic E-state index is 0.580. The van der Waals surface area contributed by atoms with Crippen LogP contribution in [-0.2, 0) is 0 Å². The van der Waals surface area contributed by atoms with E-state index >= 15 is 0 Å². The van der Waals surface area contributed by atoms with E-state index in [4.69, 9.17) is 10.5 Å². The molecule has 30 heavy (non-hydrogen) atoms. The number of ether oxygens (including phenoxy) is 1. The number of piperazine rings is 1. The zero-order valence-corrected chi connectivity index (χ0v) is 17.7. The first-order chi connectivity index (χ1) is 14.6. The van der Waals surface area contributed by atoms with Crippen molar-refractivity contribution in [2.45, 2.75) is 13.8 Å². The molecule has 2 aromatic carbocycles. The first kappa shape index (κ1) is 19.8. The van der Waals surface area contributed by atoms with Gasteiger partial charge >= 0.3 is 0 Å². The van der Waals surface area contributed by atoms with Crippen molar-refractivity contribution in [1.82, 2.24) is 9.97 Å². The van der Waals surface area contributed by atoms with E-state index < -0.39 is 0 Å². The molecular formula is C23H28N6O. The predicted molar refractivity (Wildman–Crippen MR) is 123 cm³/mol. The van der Waals surface area contributed by atoms with Gasteiger partial charge in [0.25, 0.3) is 0 Å². The summed E-state index contributed by atoms with van der Waals surface area (Å²) in [6.45, 7) is 7.67. The van der Waals surface area contributed by atoms with Crippen LogP contribution in [-0.4, -0.2) is 43.3 Å². The third kappa shape index (κ3) is 3.96. The van der Waals surface area contributed by atoms with Crippen LogP contribution in [0.4, 0.5) is 28.7 Å². The van der Waals surface area contributed by atoms with Gasteiger partial charge in [0.2, 0.25) is 0 Å². The molecule has 7 heteroatoms. The van der Waals surface area contributed by atoms with Crippen LogP contribution in [0.5, 0.6) is 5.75 Å². The van der Waals surface area contributed by atoms with Crippen LogP contribution >= 0.6 is 0 Å². The van der Waals surface area contributed by atoms with E-state index in [1.807, 2.05) is 24.3 Å². The number of nitrogens with two attached hydrogens (primary N) is 1. The number of rotatable bonds is 5. The highest BCUT2D eigenvalue weighted by Crippen LogP contribution is 2.31. The number of anilines is 5. The van der Waals surface area contributed by atoms with E-state index in [-0.39, 0.29) is 0 Å². The monoisotopic (exact) mass is 404 g/mol. The van der Waals surface area contributed by atoms with Crippen LogP contribution in [0.15, 0.2) is 48.8 Å². The van der Waals surface area contributed by atoms with E-state index in [9.17, 15) is 0 Å². The standard InChI is InChI=1S/C23H28N6O/c1-16-5-4-6-20(17(16)2)27-22-21(24)23(26-15-25-22)29-13-11-28(12-14-29)18-7-9-19(30-3)10-8-18/h4-10,15H,11-14,24H2,1-3H3,(H,25,26,27). The maximum atomic E-state index is 6.47. The van der Waals surface area contributed by atoms with Crippen molar-refractivity contribution in [3.8, 4) is 5.75 Å². The molecule has 0 unspecified atom stereocenters. The number of methoxy groups -OCH3 is 1. The molecule has 1 saturated heterocycles. The zero-order chi connectivity index (χ0) is 21.1. The number of hydrogen-bond donors (Lipinski definition) is 2. The molecule has 1 aliphatic rings. The van der Waals surface area contributed by atoms with Gasteiger partial charge in [-0.15, -0.1) is 0 Å². The van der Waals surface area contributed by atoms with Gasteiger partial charge in [0, 0.05) is 37.6 Å². The largest absolute Gasteiger partial charge is 0.497 e. The molecule has 156 valence electrons. The Morgan fingerprint density at radius 1 is 0.933 bits per heavy atom. The molecule has 7 nitrogen and oxygen atoms in total. The summed E-state index contributed by atoms with van der Waals surface area (Å²) in [7, 11) is 1.68. The lowest BCUT2D eigenvalue weighted by Crippen LogP contribution is -2.47. The Balaban J connectivity index is 1.47. The first-order valence-corrected chi connectivity index (χ1v) is 10.1. The van der Waals surface area contributed by atoms with Gasteiger partial charge in [-0.2, -0.15) is 0 Å². The van der Waals surface area contributed by atoms with Crippen LogP contribution in [0.2, 0.25) is 0 Å². The van der Waals surface area contributed by atoms with Crippen LogP contribution in [0.1, 0.15) is 11.1 Å². The van der Waals surface area contributed by atoms with Crippen molar-refractivity contribution < 1.29 is 4.74 Å². The summed E-state index contributed by atoms with van der Waals surface area (Å²) in [6.07, 6.45) is 1.58. The molecule has 1 aliphatic heterocycles. The second kappa shape index (κ2) is 8.49. The molecule has 3 aromatic rings. The molecule has 0 amide bonds. The van der Waals surface area contributed by atoms with Crippen LogP contribution in [0.3, 0.4) is 0 Å². The maximum absolute atomic E-state index is 6.47. The van der Waals surface area contributed by atoms with Crippen LogP contribution < -0.4 is 25.6 Å². The molecular weight excluding hydrogens is 376 g/mol. The van der Waals surface area contributed by atoms with Crippen molar-refractivity contribution in [2.24, 2.45) is 0 Å². The number of hydrogen-bond acceptors (Lipinski definition) is 7. The van der Waals surface area contributed by atoms with E-state index in [0.29, 0.717) is 11.5 Å². The number of nitrogens with zero attached hydrogens (tertiary/aromatic N) is 4. The summed E-state index contributed by atoms with van der Waals surface area (Å²) >= 11 is 0. The zero-order valence-electron chi connectivity index (χ0n) is 17.7. The van der Waals surface area contributed by atoms with Gasteiger partial charge in [-0.25, -0.2) is 9.97 Å². The number of aryl methyl sites for hydroxylation is 1. The van der Waals surface area contributed by atoms with E-state index in [0.717, 1.165) is 43.4 Å². The van der Waals surface area contributed by atoms with Gasteiger partial charge < -0.3 is 25.6 Å². The molecule has 0 atom stereocenters. The second-order valence-electron chi connectivity index (χ2n) is 7.50. The molecule has 1 fully saturated rings. The van der Waals surface area contributed by atoms with E-state index in [1.165, 1.54) is 16.8 Å². The Labute approximate surface area is 177 Å². The van der Waals surface area contributed by atoms with Gasteiger partial charge in [0.05, 0.1) is 7.11 Å². The highest BCUT2D eigenvalue weighted by molar-refractivity contribution is 5.79. The summed E-state index contributed by atoms with van der Waals surface area (Å²) in [6, 6.07) is 14.3. The van der Waals surface area contributed by atoms with Crippen molar-refractivity contribution in [2.75, 3.05) is 54.1 Å². The number of nitrogens with one attached hydrogen (secondary N) is 1. The Bertz CT molecular complexity index is 1010. The minimum atomic E-state index is 0.580. The SMILES string of the molecule is COc1ccc(N2CCN(c3ncnc(Nc4cccc(C)c4C)c3N)CC2)cc1. The number of benzene rings is 2. The van der Waals surface area contributed by atoms with Gasteiger partial charge in [-0.1, -0.05) is 12.1 Å². The second-order valence-corrected chi connectivity index (χ2v) is 7.50. The fourth-order valence-corrected chi connectivity index (χ4v) is 3.72. The van der Waals surface area contributed by atoms with Gasteiger partial charge in [-0.3, -0.25) is 0 Å². The molecule has 1 aromatic heterocycles. The highest BCUT2D eigenvalue weighted by Gasteiger charge is 2.22. The Morgan fingerprint density at radius 2 is 1.63 bits per heavy atom. The fourth-order valence-electron chi connectivity index (χ4n) is 3.72. The Kier molecular flexibility index (Phi) is 5.61. The van der Waals surface area contributed by atoms with Gasteiger partial charge in [-0.05, 0) is 55.3 Å². The normalized spacial score (nSPS) is 14.0. The molecule has 0 radical (unpaired) electrons. The van der Waals surface area contributed by atoms with Gasteiger partial charge in [0.1, 0.15) is 17.8 Å². The topological polar surface area (TPSA) is 79.5 Å². The third-order valence-corrected chi connectivity index (χ3v) is 5.74. The lowest BCUT2D eigenvalue weighted by molar-refractivity contribution is 0.415. The number of aromatic nitrogens is 2. The smallest absolute Gasteiger partial charge is 0.159 e. The molecule has 0 bridgehead atoms. The lowest BCUT2D eigenvalue weighted by atomic mass is 10.1. The Morgan fingerprint density at radius 3 is 2.33 bits per heavy atom. The van der Waals surface area contributed by atoms with Crippen LogP contribution in [0, 0.1) is 13.8 Å².